The van der Waals surface area contributed by atoms with Gasteiger partial charge in [-0.25, -0.2) is 0 Å². The predicted molar refractivity (Wildman–Crippen MR) is 53.0 cm³/mol. The van der Waals surface area contributed by atoms with Crippen molar-refractivity contribution in [2.24, 2.45) is 0 Å². The highest BCUT2D eigenvalue weighted by atomic mass is 19.4. The zero-order valence-corrected chi connectivity index (χ0v) is 9.47. The first-order valence-corrected chi connectivity index (χ1v) is 4.93. The number of benzene rings is 1. The first kappa shape index (κ1) is 15.3. The lowest BCUT2D eigenvalue weighted by atomic mass is 10.1. The fourth-order valence-corrected chi connectivity index (χ4v) is 1.24. The molecule has 0 atom stereocenters. The molecular weight excluding hydrogens is 278 g/mol. The van der Waals surface area contributed by atoms with Crippen molar-refractivity contribution in [3.05, 3.63) is 29.8 Å². The third-order valence-electron chi connectivity index (χ3n) is 2.09. The van der Waals surface area contributed by atoms with Gasteiger partial charge in [0.2, 0.25) is 0 Å². The largest absolute Gasteiger partial charge is 0.471 e. The van der Waals surface area contributed by atoms with Crippen molar-refractivity contribution in [3.63, 3.8) is 0 Å². The summed E-state index contributed by atoms with van der Waals surface area (Å²) in [6.45, 7) is 1.13. The van der Waals surface area contributed by atoms with Gasteiger partial charge in [-0.15, -0.1) is 0 Å². The van der Waals surface area contributed by atoms with E-state index in [1.807, 2.05) is 0 Å². The average Bonchev–Trinajstić information content (AvgIpc) is 2.23. The van der Waals surface area contributed by atoms with Gasteiger partial charge in [0, 0.05) is 5.56 Å². The lowest BCUT2D eigenvalue weighted by Crippen LogP contribution is -2.46. The molecule has 0 radical (unpaired) electrons. The normalized spacial score (nSPS) is 12.6. The third kappa shape index (κ3) is 4.15. The van der Waals surface area contributed by atoms with Crippen LogP contribution in [-0.4, -0.2) is 24.2 Å². The predicted octanol–water partition coefficient (Wildman–Crippen LogP) is 3.76. The minimum absolute atomic E-state index is 0.0411. The molecule has 0 unspecified atom stereocenters. The van der Waals surface area contributed by atoms with Crippen LogP contribution in [0.15, 0.2) is 24.3 Å². The molecule has 0 saturated carbocycles. The zero-order chi connectivity index (χ0) is 14.8. The van der Waals surface area contributed by atoms with Crippen molar-refractivity contribution >= 4 is 5.78 Å². The van der Waals surface area contributed by atoms with Crippen LogP contribution in [0.2, 0.25) is 0 Å². The second-order valence-corrected chi connectivity index (χ2v) is 3.67. The van der Waals surface area contributed by atoms with E-state index in [9.17, 15) is 31.1 Å². The van der Waals surface area contributed by atoms with Gasteiger partial charge in [-0.2, -0.15) is 26.3 Å². The third-order valence-corrected chi connectivity index (χ3v) is 2.09. The van der Waals surface area contributed by atoms with Gasteiger partial charge in [-0.3, -0.25) is 4.79 Å². The molecule has 0 saturated heterocycles. The highest BCUT2D eigenvalue weighted by molar-refractivity contribution is 5.94. The van der Waals surface area contributed by atoms with Gasteiger partial charge in [-0.05, 0) is 19.1 Å². The number of Topliss-reactive ketones (excluding diaryl/α,β-unsaturated/α-hetero) is 1. The molecule has 1 rings (SSSR count). The van der Waals surface area contributed by atoms with Crippen molar-refractivity contribution in [2.75, 3.05) is 0 Å². The molecule has 1 aromatic carbocycles. The number of hydrogen-bond acceptors (Lipinski definition) is 2. The number of alkyl halides is 6. The van der Waals surface area contributed by atoms with Gasteiger partial charge < -0.3 is 4.74 Å². The Bertz CT molecular complexity index is 449. The van der Waals surface area contributed by atoms with Crippen molar-refractivity contribution in [2.45, 2.75) is 25.4 Å². The fourth-order valence-electron chi connectivity index (χ4n) is 1.24. The van der Waals surface area contributed by atoms with E-state index in [-0.39, 0.29) is 5.56 Å². The number of rotatable bonds is 3. The monoisotopic (exact) mass is 286 g/mol. The summed E-state index contributed by atoms with van der Waals surface area (Å²) < 4.78 is 77.4. The molecule has 0 heterocycles. The van der Waals surface area contributed by atoms with E-state index >= 15 is 0 Å². The Morgan fingerprint density at radius 1 is 1.11 bits per heavy atom. The standard InChI is InChI=1S/C11H8F6O2/c1-6(18)7-3-2-4-8(5-7)19-9(10(12,13)14)11(15,16)17/h2-5,9H,1H3. The first-order valence-electron chi connectivity index (χ1n) is 4.93. The molecule has 2 nitrogen and oxygen atoms in total. The van der Waals surface area contributed by atoms with E-state index in [1.54, 1.807) is 0 Å². The Hall–Kier alpha value is -1.73. The molecule has 1 aromatic rings. The second-order valence-electron chi connectivity index (χ2n) is 3.67. The maximum absolute atomic E-state index is 12.2. The molecule has 19 heavy (non-hydrogen) atoms. The molecule has 0 aliphatic heterocycles. The highest BCUT2D eigenvalue weighted by Crippen LogP contribution is 2.36. The molecule has 106 valence electrons. The topological polar surface area (TPSA) is 26.3 Å². The molecule has 0 aliphatic carbocycles. The summed E-state index contributed by atoms with van der Waals surface area (Å²) >= 11 is 0. The van der Waals surface area contributed by atoms with Gasteiger partial charge >= 0.3 is 12.4 Å². The summed E-state index contributed by atoms with van der Waals surface area (Å²) in [4.78, 5) is 11.0. The molecular formula is C11H8F6O2. The summed E-state index contributed by atoms with van der Waals surface area (Å²) in [6.07, 6.45) is -15.1. The van der Waals surface area contributed by atoms with Crippen molar-refractivity contribution < 1.29 is 35.9 Å². The molecule has 0 aliphatic rings. The Morgan fingerprint density at radius 3 is 2.05 bits per heavy atom. The minimum atomic E-state index is -5.59. The van der Waals surface area contributed by atoms with Gasteiger partial charge in [0.1, 0.15) is 5.75 Å². The van der Waals surface area contributed by atoms with Crippen LogP contribution in [0.1, 0.15) is 17.3 Å². The fraction of sp³-hybridized carbons (Fsp3) is 0.364. The summed E-state index contributed by atoms with van der Waals surface area (Å²) in [7, 11) is 0. The van der Waals surface area contributed by atoms with Crippen LogP contribution >= 0.6 is 0 Å². The highest BCUT2D eigenvalue weighted by Gasteiger charge is 2.59. The van der Waals surface area contributed by atoms with Crippen LogP contribution in [0.5, 0.6) is 5.75 Å². The van der Waals surface area contributed by atoms with E-state index in [0.717, 1.165) is 25.1 Å². The van der Waals surface area contributed by atoms with Crippen molar-refractivity contribution in [3.8, 4) is 5.75 Å². The molecule has 0 spiro atoms. The molecule has 0 fully saturated rings. The summed E-state index contributed by atoms with van der Waals surface area (Å²) in [5.41, 5.74) is -0.0411. The molecule has 0 bridgehead atoms. The van der Waals surface area contributed by atoms with Crippen LogP contribution in [0.4, 0.5) is 26.3 Å². The quantitative estimate of drug-likeness (QED) is 0.624. The number of halogens is 6. The SMILES string of the molecule is CC(=O)c1cccc(OC(C(F)(F)F)C(F)(F)F)c1. The molecule has 0 amide bonds. The Kier molecular flexibility index (Phi) is 4.12. The minimum Gasteiger partial charge on any atom is -0.471 e. The van der Waals surface area contributed by atoms with Crippen LogP contribution in [0, 0.1) is 0 Å². The number of ether oxygens (including phenoxy) is 1. The average molecular weight is 286 g/mol. The maximum atomic E-state index is 12.2. The summed E-state index contributed by atoms with van der Waals surface area (Å²) in [5, 5.41) is 0. The zero-order valence-electron chi connectivity index (χ0n) is 9.47. The lowest BCUT2D eigenvalue weighted by molar-refractivity contribution is -0.299. The van der Waals surface area contributed by atoms with E-state index in [0.29, 0.717) is 0 Å². The van der Waals surface area contributed by atoms with E-state index in [2.05, 4.69) is 4.74 Å². The van der Waals surface area contributed by atoms with Crippen molar-refractivity contribution in [1.82, 2.24) is 0 Å². The number of hydrogen-bond donors (Lipinski definition) is 0. The number of ketones is 1. The van der Waals surface area contributed by atoms with Crippen LogP contribution in [0.25, 0.3) is 0 Å². The number of carbonyl (C=O) groups is 1. The van der Waals surface area contributed by atoms with Crippen LogP contribution < -0.4 is 4.74 Å². The van der Waals surface area contributed by atoms with Gasteiger partial charge in [0.15, 0.2) is 5.78 Å². The van der Waals surface area contributed by atoms with E-state index in [4.69, 9.17) is 0 Å². The molecule has 0 N–H and O–H groups in total. The second kappa shape index (κ2) is 5.10. The summed E-state index contributed by atoms with van der Waals surface area (Å²) in [5.74, 6) is -1.17. The van der Waals surface area contributed by atoms with Crippen molar-refractivity contribution in [1.29, 1.82) is 0 Å². The lowest BCUT2D eigenvalue weighted by Gasteiger charge is -2.23. The molecule has 0 aromatic heterocycles. The Labute approximate surface area is 104 Å². The van der Waals surface area contributed by atoms with Crippen LogP contribution in [0.3, 0.4) is 0 Å². The Morgan fingerprint density at radius 2 is 1.63 bits per heavy atom. The van der Waals surface area contributed by atoms with E-state index in [1.165, 1.54) is 6.07 Å². The maximum Gasteiger partial charge on any atom is 0.434 e. The van der Waals surface area contributed by atoms with Gasteiger partial charge in [-0.1, -0.05) is 12.1 Å². The van der Waals surface area contributed by atoms with E-state index < -0.39 is 30.0 Å². The van der Waals surface area contributed by atoms with Gasteiger partial charge in [0.25, 0.3) is 6.10 Å². The van der Waals surface area contributed by atoms with Gasteiger partial charge in [0.05, 0.1) is 0 Å². The molecule has 8 heteroatoms. The number of carbonyl (C=O) groups excluding carboxylic acids is 1. The first-order chi connectivity index (χ1) is 8.51. The van der Waals surface area contributed by atoms with Crippen LogP contribution in [-0.2, 0) is 0 Å². The Balaban J connectivity index is 3.04. The smallest absolute Gasteiger partial charge is 0.434 e. The summed E-state index contributed by atoms with van der Waals surface area (Å²) in [6, 6.07) is 4.13.